The van der Waals surface area contributed by atoms with Crippen LogP contribution in [0.2, 0.25) is 0 Å². The Morgan fingerprint density at radius 3 is 2.75 bits per heavy atom. The lowest BCUT2D eigenvalue weighted by Crippen LogP contribution is -2.50. The molecule has 1 aliphatic rings. The summed E-state index contributed by atoms with van der Waals surface area (Å²) in [5.41, 5.74) is 1.85. The lowest BCUT2D eigenvalue weighted by Gasteiger charge is -2.37. The van der Waals surface area contributed by atoms with Crippen LogP contribution in [0.15, 0.2) is 36.5 Å². The van der Waals surface area contributed by atoms with Gasteiger partial charge in [-0.25, -0.2) is 4.98 Å². The van der Waals surface area contributed by atoms with Gasteiger partial charge in [0.05, 0.1) is 26.3 Å². The number of carbonyl (C=O) groups excluding carboxylic acids is 2. The van der Waals surface area contributed by atoms with Gasteiger partial charge in [0, 0.05) is 43.8 Å². The van der Waals surface area contributed by atoms with Crippen molar-refractivity contribution < 1.29 is 24.2 Å². The Morgan fingerprint density at radius 1 is 1.38 bits per heavy atom. The number of methoxy groups -OCH3 is 1. The van der Waals surface area contributed by atoms with Crippen molar-refractivity contribution >= 4 is 11.8 Å². The molecule has 2 heterocycles. The molecule has 8 nitrogen and oxygen atoms in total. The summed E-state index contributed by atoms with van der Waals surface area (Å²) in [7, 11) is 3.31. The number of fused-ring (bicyclic) bond motifs is 1. The average Bonchev–Trinajstić information content (AvgIpc) is 2.80. The Balaban J connectivity index is 2.09. The standard InChI is InChI=1S/C24H31N3O5/c1-15-12-27(16(2)14-28)24(30)20-10-18(19-8-6-7-9-21(19)31-5)11-25-23(20)32-22(15)13-26(4)17(3)29/h6-11,15-16,22,28H,12-14H2,1-5H3/t15-,16-,22-/m0/s1. The molecule has 3 atom stereocenters. The highest BCUT2D eigenvalue weighted by Crippen LogP contribution is 2.34. The van der Waals surface area contributed by atoms with E-state index in [0.717, 1.165) is 11.1 Å². The van der Waals surface area contributed by atoms with Gasteiger partial charge in [-0.15, -0.1) is 0 Å². The molecule has 2 amide bonds. The molecule has 2 aromatic rings. The van der Waals surface area contributed by atoms with E-state index in [2.05, 4.69) is 4.98 Å². The van der Waals surface area contributed by atoms with Gasteiger partial charge in [-0.3, -0.25) is 9.59 Å². The van der Waals surface area contributed by atoms with Crippen LogP contribution in [0, 0.1) is 5.92 Å². The van der Waals surface area contributed by atoms with Crippen LogP contribution in [0.3, 0.4) is 0 Å². The fraction of sp³-hybridized carbons (Fsp3) is 0.458. The number of hydrogen-bond donors (Lipinski definition) is 1. The monoisotopic (exact) mass is 441 g/mol. The van der Waals surface area contributed by atoms with Crippen molar-refractivity contribution in [3.05, 3.63) is 42.1 Å². The van der Waals surface area contributed by atoms with Crippen molar-refractivity contribution in [2.45, 2.75) is 32.9 Å². The zero-order valence-electron chi connectivity index (χ0n) is 19.2. The van der Waals surface area contributed by atoms with Gasteiger partial charge in [-0.05, 0) is 19.1 Å². The summed E-state index contributed by atoms with van der Waals surface area (Å²) in [6.45, 7) is 5.87. The van der Waals surface area contributed by atoms with Gasteiger partial charge >= 0.3 is 0 Å². The minimum absolute atomic E-state index is 0.0702. The number of aliphatic hydroxyl groups is 1. The maximum absolute atomic E-state index is 13.5. The average molecular weight is 442 g/mol. The minimum Gasteiger partial charge on any atom is -0.496 e. The lowest BCUT2D eigenvalue weighted by atomic mass is 9.99. The van der Waals surface area contributed by atoms with Crippen LogP contribution in [0.5, 0.6) is 11.6 Å². The molecule has 32 heavy (non-hydrogen) atoms. The van der Waals surface area contributed by atoms with Crippen LogP contribution < -0.4 is 9.47 Å². The summed E-state index contributed by atoms with van der Waals surface area (Å²) in [5.74, 6) is 0.481. The van der Waals surface area contributed by atoms with Crippen LogP contribution in [-0.2, 0) is 4.79 Å². The number of likely N-dealkylation sites (N-methyl/N-ethyl adjacent to an activating group) is 1. The summed E-state index contributed by atoms with van der Waals surface area (Å²) >= 11 is 0. The van der Waals surface area contributed by atoms with Crippen molar-refractivity contribution in [3.63, 3.8) is 0 Å². The van der Waals surface area contributed by atoms with E-state index < -0.39 is 0 Å². The SMILES string of the molecule is COc1ccccc1-c1cnc2c(c1)C(=O)N([C@@H](C)CO)C[C@H](C)[C@H](CN(C)C(C)=O)O2. The summed E-state index contributed by atoms with van der Waals surface area (Å²) in [5, 5.41) is 9.78. The van der Waals surface area contributed by atoms with Crippen LogP contribution in [-0.4, -0.2) is 77.7 Å². The first-order valence-electron chi connectivity index (χ1n) is 10.7. The van der Waals surface area contributed by atoms with Crippen LogP contribution in [0.25, 0.3) is 11.1 Å². The van der Waals surface area contributed by atoms with Crippen molar-refractivity contribution in [3.8, 4) is 22.8 Å². The van der Waals surface area contributed by atoms with Gasteiger partial charge in [-0.2, -0.15) is 0 Å². The van der Waals surface area contributed by atoms with Crippen LogP contribution in [0.4, 0.5) is 0 Å². The number of carbonyl (C=O) groups is 2. The highest BCUT2D eigenvalue weighted by molar-refractivity contribution is 5.98. The minimum atomic E-state index is -0.378. The van der Waals surface area contributed by atoms with Gasteiger partial charge in [0.15, 0.2) is 0 Å². The zero-order chi connectivity index (χ0) is 23.4. The molecule has 1 N–H and O–H groups in total. The van der Waals surface area contributed by atoms with Gasteiger partial charge in [-0.1, -0.05) is 25.1 Å². The second kappa shape index (κ2) is 9.99. The van der Waals surface area contributed by atoms with Gasteiger partial charge in [0.25, 0.3) is 5.91 Å². The fourth-order valence-corrected chi connectivity index (χ4v) is 3.75. The molecule has 0 radical (unpaired) electrons. The molecular formula is C24H31N3O5. The highest BCUT2D eigenvalue weighted by atomic mass is 16.5. The number of aliphatic hydroxyl groups excluding tert-OH is 1. The molecule has 0 spiro atoms. The first-order chi connectivity index (χ1) is 15.3. The zero-order valence-corrected chi connectivity index (χ0v) is 19.2. The van der Waals surface area contributed by atoms with E-state index >= 15 is 0 Å². The third-order valence-corrected chi connectivity index (χ3v) is 5.93. The number of ether oxygens (including phenoxy) is 2. The molecule has 0 fully saturated rings. The number of amides is 2. The van der Waals surface area contributed by atoms with E-state index in [1.54, 1.807) is 43.1 Å². The summed E-state index contributed by atoms with van der Waals surface area (Å²) in [4.78, 5) is 33.0. The van der Waals surface area contributed by atoms with E-state index in [-0.39, 0.29) is 42.4 Å². The maximum Gasteiger partial charge on any atom is 0.259 e. The molecule has 1 aromatic heterocycles. The predicted octanol–water partition coefficient (Wildman–Crippen LogP) is 2.46. The topological polar surface area (TPSA) is 92.2 Å². The quantitative estimate of drug-likeness (QED) is 0.740. The molecule has 1 aromatic carbocycles. The van der Waals surface area contributed by atoms with E-state index in [0.29, 0.717) is 24.4 Å². The Morgan fingerprint density at radius 2 is 2.09 bits per heavy atom. The van der Waals surface area contributed by atoms with E-state index in [4.69, 9.17) is 9.47 Å². The third kappa shape index (κ3) is 4.85. The Labute approximate surface area is 188 Å². The Kier molecular flexibility index (Phi) is 7.35. The van der Waals surface area contributed by atoms with Crippen molar-refractivity contribution in [1.29, 1.82) is 0 Å². The Hall–Kier alpha value is -3.13. The number of hydrogen-bond acceptors (Lipinski definition) is 6. The molecule has 172 valence electrons. The van der Waals surface area contributed by atoms with E-state index in [1.165, 1.54) is 6.92 Å². The lowest BCUT2D eigenvalue weighted by molar-refractivity contribution is -0.129. The molecule has 0 saturated heterocycles. The molecule has 3 rings (SSSR count). The summed E-state index contributed by atoms with van der Waals surface area (Å²) in [6, 6.07) is 8.89. The third-order valence-electron chi connectivity index (χ3n) is 5.93. The molecule has 0 aliphatic carbocycles. The largest absolute Gasteiger partial charge is 0.496 e. The number of nitrogens with zero attached hydrogens (tertiary/aromatic N) is 3. The molecular weight excluding hydrogens is 410 g/mol. The number of benzene rings is 1. The first-order valence-corrected chi connectivity index (χ1v) is 10.7. The Bertz CT molecular complexity index is 980. The fourth-order valence-electron chi connectivity index (χ4n) is 3.75. The van der Waals surface area contributed by atoms with Crippen molar-refractivity contribution in [2.24, 2.45) is 5.92 Å². The first kappa shape index (κ1) is 23.5. The second-order valence-corrected chi connectivity index (χ2v) is 8.30. The molecule has 0 bridgehead atoms. The number of aromatic nitrogens is 1. The van der Waals surface area contributed by atoms with Crippen molar-refractivity contribution in [1.82, 2.24) is 14.8 Å². The van der Waals surface area contributed by atoms with Gasteiger partial charge < -0.3 is 24.4 Å². The second-order valence-electron chi connectivity index (χ2n) is 8.30. The van der Waals surface area contributed by atoms with E-state index in [1.807, 2.05) is 31.2 Å². The van der Waals surface area contributed by atoms with Crippen molar-refractivity contribution in [2.75, 3.05) is 33.9 Å². The summed E-state index contributed by atoms with van der Waals surface area (Å²) < 4.78 is 11.7. The predicted molar refractivity (Wildman–Crippen MR) is 121 cm³/mol. The molecule has 0 saturated carbocycles. The molecule has 8 heteroatoms. The van der Waals surface area contributed by atoms with Crippen LogP contribution >= 0.6 is 0 Å². The normalized spacial score (nSPS) is 19.3. The van der Waals surface area contributed by atoms with E-state index in [9.17, 15) is 14.7 Å². The summed E-state index contributed by atoms with van der Waals surface area (Å²) in [6.07, 6.45) is 1.29. The van der Waals surface area contributed by atoms with Gasteiger partial charge in [0.1, 0.15) is 17.4 Å². The van der Waals surface area contributed by atoms with Crippen LogP contribution in [0.1, 0.15) is 31.1 Å². The molecule has 0 unspecified atom stereocenters. The number of para-hydroxylation sites is 1. The number of pyridine rings is 1. The number of rotatable bonds is 6. The maximum atomic E-state index is 13.5. The molecule has 1 aliphatic heterocycles. The highest BCUT2D eigenvalue weighted by Gasteiger charge is 2.34. The van der Waals surface area contributed by atoms with Gasteiger partial charge in [0.2, 0.25) is 11.8 Å². The smallest absolute Gasteiger partial charge is 0.259 e.